The quantitative estimate of drug-likeness (QED) is 0.214. The largest absolute Gasteiger partial charge is 0.345 e. The molecular weight excluding hydrogens is 482 g/mol. The molecule has 0 amide bonds. The van der Waals surface area contributed by atoms with Gasteiger partial charge in [-0.25, -0.2) is 0 Å². The summed E-state index contributed by atoms with van der Waals surface area (Å²) >= 11 is 0. The third-order valence-electron chi connectivity index (χ3n) is 8.13. The minimum atomic E-state index is 0.947. The Labute approximate surface area is 237 Å². The minimum absolute atomic E-state index is 0.947. The molecule has 0 unspecified atom stereocenters. The maximum atomic E-state index is 2.36. The third-order valence-corrected chi connectivity index (χ3v) is 8.13. The Bertz CT molecular complexity index is 1800. The Kier molecular flexibility index (Phi) is 6.26. The van der Waals surface area contributed by atoms with Gasteiger partial charge in [0.15, 0.2) is 0 Å². The van der Waals surface area contributed by atoms with Crippen LogP contribution in [0.2, 0.25) is 0 Å². The van der Waals surface area contributed by atoms with Crippen LogP contribution in [0.25, 0.3) is 33.4 Å². The number of rotatable bonds is 6. The average molecular weight is 514 g/mol. The van der Waals surface area contributed by atoms with E-state index in [1.54, 1.807) is 0 Å². The zero-order valence-electron chi connectivity index (χ0n) is 22.7. The molecule has 192 valence electrons. The number of anilines is 2. The van der Waals surface area contributed by atoms with E-state index in [9.17, 15) is 0 Å². The van der Waals surface area contributed by atoms with Crippen LogP contribution in [0.5, 0.6) is 0 Å². The molecule has 0 fully saturated rings. The maximum Gasteiger partial charge on any atom is 0.0414 e. The highest BCUT2D eigenvalue weighted by Crippen LogP contribution is 2.39. The molecule has 0 spiro atoms. The number of nitrogens with zero attached hydrogens (tertiary/aromatic N) is 1. The normalized spacial score (nSPS) is 11.6. The lowest BCUT2D eigenvalue weighted by Gasteiger charge is -2.21. The molecule has 0 atom stereocenters. The van der Waals surface area contributed by atoms with Gasteiger partial charge in [0.2, 0.25) is 0 Å². The topological polar surface area (TPSA) is 3.24 Å². The van der Waals surface area contributed by atoms with Crippen LogP contribution < -0.4 is 4.90 Å². The predicted octanol–water partition coefficient (Wildman–Crippen LogP) is 9.95. The SMILES string of the molecule is CN(c1ccc(-c2cccc(Cc3ccccc3)c2)cc1)c1cccc(-c2ccc3c(c2)-c2ccccc2C3)c1. The fourth-order valence-corrected chi connectivity index (χ4v) is 5.92. The van der Waals surface area contributed by atoms with Gasteiger partial charge in [0.25, 0.3) is 0 Å². The molecule has 0 aliphatic heterocycles. The van der Waals surface area contributed by atoms with Crippen LogP contribution in [-0.4, -0.2) is 7.05 Å². The number of benzene rings is 6. The molecule has 6 aromatic carbocycles. The van der Waals surface area contributed by atoms with Crippen LogP contribution in [0.3, 0.4) is 0 Å². The first-order valence-electron chi connectivity index (χ1n) is 14.0. The van der Waals surface area contributed by atoms with Gasteiger partial charge in [-0.15, -0.1) is 0 Å². The molecule has 0 aromatic heterocycles. The Morgan fingerprint density at radius 2 is 1.10 bits per heavy atom. The lowest BCUT2D eigenvalue weighted by atomic mass is 9.98. The number of hydrogen-bond donors (Lipinski definition) is 0. The van der Waals surface area contributed by atoms with Gasteiger partial charge in [0.05, 0.1) is 0 Å². The lowest BCUT2D eigenvalue weighted by molar-refractivity contribution is 1.19. The van der Waals surface area contributed by atoms with E-state index >= 15 is 0 Å². The van der Waals surface area contributed by atoms with Crippen LogP contribution in [0.1, 0.15) is 22.3 Å². The second-order valence-electron chi connectivity index (χ2n) is 10.7. The van der Waals surface area contributed by atoms with Gasteiger partial charge in [-0.2, -0.15) is 0 Å². The Morgan fingerprint density at radius 1 is 0.450 bits per heavy atom. The monoisotopic (exact) mass is 513 g/mol. The van der Waals surface area contributed by atoms with Crippen molar-refractivity contribution in [1.29, 1.82) is 0 Å². The molecule has 1 heteroatoms. The molecule has 0 radical (unpaired) electrons. The van der Waals surface area contributed by atoms with E-state index < -0.39 is 0 Å². The zero-order valence-corrected chi connectivity index (χ0v) is 22.7. The second-order valence-corrected chi connectivity index (χ2v) is 10.7. The molecule has 1 nitrogen and oxygen atoms in total. The van der Waals surface area contributed by atoms with Gasteiger partial charge in [-0.1, -0.05) is 115 Å². The summed E-state index contributed by atoms with van der Waals surface area (Å²) in [6.45, 7) is 0. The van der Waals surface area contributed by atoms with E-state index in [2.05, 4.69) is 158 Å². The van der Waals surface area contributed by atoms with Gasteiger partial charge in [-0.05, 0) is 98.8 Å². The molecular formula is C39H31N. The van der Waals surface area contributed by atoms with Gasteiger partial charge in [0.1, 0.15) is 0 Å². The van der Waals surface area contributed by atoms with Crippen molar-refractivity contribution >= 4 is 11.4 Å². The third kappa shape index (κ3) is 4.72. The molecule has 0 saturated heterocycles. The van der Waals surface area contributed by atoms with Crippen LogP contribution in [-0.2, 0) is 12.8 Å². The average Bonchev–Trinajstić information content (AvgIpc) is 3.39. The maximum absolute atomic E-state index is 2.36. The van der Waals surface area contributed by atoms with Crippen molar-refractivity contribution in [3.63, 3.8) is 0 Å². The smallest absolute Gasteiger partial charge is 0.0414 e. The van der Waals surface area contributed by atoms with E-state index in [4.69, 9.17) is 0 Å². The standard InChI is InChI=1S/C39H31N/c1-40(36-21-19-30(20-22-36)31-13-7-11-29(24-31)23-28-9-3-2-4-10-28)37-15-8-14-32(26-37)33-17-18-35-25-34-12-5-6-16-38(34)39(35)27-33/h2-22,24,26-27H,23,25H2,1H3. The Balaban J connectivity index is 1.12. The Hall–Kier alpha value is -4.88. The van der Waals surface area contributed by atoms with Crippen molar-refractivity contribution in [2.75, 3.05) is 11.9 Å². The van der Waals surface area contributed by atoms with Gasteiger partial charge < -0.3 is 4.90 Å². The van der Waals surface area contributed by atoms with Crippen molar-refractivity contribution < 1.29 is 0 Å². The molecule has 40 heavy (non-hydrogen) atoms. The number of hydrogen-bond acceptors (Lipinski definition) is 1. The molecule has 7 rings (SSSR count). The van der Waals surface area contributed by atoms with Crippen molar-refractivity contribution in [2.45, 2.75) is 12.8 Å². The molecule has 0 heterocycles. The molecule has 1 aliphatic carbocycles. The summed E-state index contributed by atoms with van der Waals surface area (Å²) in [6, 6.07) is 53.0. The van der Waals surface area contributed by atoms with Gasteiger partial charge in [-0.3, -0.25) is 0 Å². The molecule has 0 bridgehead atoms. The summed E-state index contributed by atoms with van der Waals surface area (Å²) in [6.07, 6.45) is 1.98. The zero-order chi connectivity index (χ0) is 26.9. The summed E-state index contributed by atoms with van der Waals surface area (Å²) in [5.41, 5.74) is 15.6. The van der Waals surface area contributed by atoms with Crippen molar-refractivity contribution in [3.8, 4) is 33.4 Å². The first kappa shape index (κ1) is 24.2. The summed E-state index contributed by atoms with van der Waals surface area (Å²) in [7, 11) is 2.15. The van der Waals surface area contributed by atoms with Crippen molar-refractivity contribution in [3.05, 3.63) is 168 Å². The fourth-order valence-electron chi connectivity index (χ4n) is 5.92. The summed E-state index contributed by atoms with van der Waals surface area (Å²) in [5.74, 6) is 0. The summed E-state index contributed by atoms with van der Waals surface area (Å²) < 4.78 is 0. The van der Waals surface area contributed by atoms with E-state index in [1.807, 2.05) is 0 Å². The van der Waals surface area contributed by atoms with Gasteiger partial charge >= 0.3 is 0 Å². The van der Waals surface area contributed by atoms with Crippen molar-refractivity contribution in [2.24, 2.45) is 0 Å². The number of fused-ring (bicyclic) bond motifs is 3. The Morgan fingerprint density at radius 3 is 1.95 bits per heavy atom. The summed E-state index contributed by atoms with van der Waals surface area (Å²) in [5, 5.41) is 0. The second kappa shape index (κ2) is 10.4. The van der Waals surface area contributed by atoms with Crippen LogP contribution >= 0.6 is 0 Å². The summed E-state index contributed by atoms with van der Waals surface area (Å²) in [4.78, 5) is 2.27. The molecule has 0 N–H and O–H groups in total. The van der Waals surface area contributed by atoms with E-state index in [0.717, 1.165) is 12.8 Å². The first-order valence-corrected chi connectivity index (χ1v) is 14.0. The van der Waals surface area contributed by atoms with Gasteiger partial charge in [0, 0.05) is 18.4 Å². The molecule has 0 saturated carbocycles. The molecule has 1 aliphatic rings. The fraction of sp³-hybridized carbons (Fsp3) is 0.0769. The lowest BCUT2D eigenvalue weighted by Crippen LogP contribution is -2.09. The van der Waals surface area contributed by atoms with Crippen LogP contribution in [0.4, 0.5) is 11.4 Å². The van der Waals surface area contributed by atoms with E-state index in [0.29, 0.717) is 0 Å². The van der Waals surface area contributed by atoms with Crippen molar-refractivity contribution in [1.82, 2.24) is 0 Å². The molecule has 6 aromatic rings. The van der Waals surface area contributed by atoms with Crippen LogP contribution in [0.15, 0.2) is 146 Å². The minimum Gasteiger partial charge on any atom is -0.345 e. The van der Waals surface area contributed by atoms with Crippen LogP contribution in [0, 0.1) is 0 Å². The highest BCUT2D eigenvalue weighted by molar-refractivity contribution is 5.82. The highest BCUT2D eigenvalue weighted by atomic mass is 15.1. The highest BCUT2D eigenvalue weighted by Gasteiger charge is 2.18. The van der Waals surface area contributed by atoms with E-state index in [1.165, 1.54) is 67.0 Å². The first-order chi connectivity index (χ1) is 19.7. The predicted molar refractivity (Wildman–Crippen MR) is 169 cm³/mol. The van der Waals surface area contributed by atoms with E-state index in [-0.39, 0.29) is 0 Å².